The Morgan fingerprint density at radius 2 is 1.74 bits per heavy atom. The molecule has 2 aromatic carbocycles. The zero-order chi connectivity index (χ0) is 22.5. The summed E-state index contributed by atoms with van der Waals surface area (Å²) in [5.74, 6) is -0.177. The Kier molecular flexibility index (Phi) is 7.09. The van der Waals surface area contributed by atoms with Crippen molar-refractivity contribution in [3.63, 3.8) is 0 Å². The molecule has 1 aliphatic rings. The number of aryl methyl sites for hydroxylation is 1. The molecule has 0 amide bonds. The molecule has 3 rings (SSSR count). The third-order valence-electron chi connectivity index (χ3n) is 6.10. The van der Waals surface area contributed by atoms with Gasteiger partial charge in [0, 0.05) is 12.1 Å². The zero-order valence-corrected chi connectivity index (χ0v) is 19.0. The van der Waals surface area contributed by atoms with Crippen molar-refractivity contribution in [1.29, 1.82) is 0 Å². The highest BCUT2D eigenvalue weighted by Crippen LogP contribution is 2.40. The molecule has 4 nitrogen and oxygen atoms in total. The first-order valence-electron chi connectivity index (χ1n) is 11.2. The minimum Gasteiger partial charge on any atom is -0.512 e. The summed E-state index contributed by atoms with van der Waals surface area (Å²) in [5, 5.41) is 10.9. The van der Waals surface area contributed by atoms with Crippen LogP contribution >= 0.6 is 0 Å². The monoisotopic (exact) mass is 421 g/mol. The zero-order valence-electron chi connectivity index (χ0n) is 19.0. The number of nitrogen functional groups attached to an aromatic ring is 1. The summed E-state index contributed by atoms with van der Waals surface area (Å²) in [6.45, 7) is 6.29. The highest BCUT2D eigenvalue weighted by molar-refractivity contribution is 5.90. The Morgan fingerprint density at radius 3 is 2.39 bits per heavy atom. The van der Waals surface area contributed by atoms with E-state index < -0.39 is 5.60 Å². The number of nitrogens with two attached hydrogens (primary N) is 1. The maximum absolute atomic E-state index is 13.0. The van der Waals surface area contributed by atoms with E-state index in [0.29, 0.717) is 24.8 Å². The average Bonchev–Trinajstić information content (AvgIpc) is 2.70. The molecule has 0 spiro atoms. The largest absolute Gasteiger partial charge is 0.512 e. The molecular formula is C27H35NO3. The molecule has 0 radical (unpaired) electrons. The van der Waals surface area contributed by atoms with Crippen molar-refractivity contribution < 1.29 is 14.6 Å². The SMILES string of the molecule is CCCC1(CCc2ccccc2)CC(O)=C(CC(C)(C)Cc2cccc(N)c2)C(=O)O1. The predicted octanol–water partition coefficient (Wildman–Crippen LogP) is 6.16. The summed E-state index contributed by atoms with van der Waals surface area (Å²) in [5.41, 5.74) is 8.55. The number of hydrogen-bond acceptors (Lipinski definition) is 4. The van der Waals surface area contributed by atoms with E-state index in [4.69, 9.17) is 10.5 Å². The lowest BCUT2D eigenvalue weighted by Gasteiger charge is -2.38. The Balaban J connectivity index is 1.74. The summed E-state index contributed by atoms with van der Waals surface area (Å²) in [6.07, 6.45) is 4.78. The van der Waals surface area contributed by atoms with Gasteiger partial charge in [-0.05, 0) is 60.8 Å². The second kappa shape index (κ2) is 9.59. The number of cyclic esters (lactones) is 1. The van der Waals surface area contributed by atoms with Gasteiger partial charge >= 0.3 is 5.97 Å². The number of aliphatic hydroxyl groups excluding tert-OH is 1. The van der Waals surface area contributed by atoms with Gasteiger partial charge in [0.15, 0.2) is 0 Å². The van der Waals surface area contributed by atoms with E-state index in [9.17, 15) is 9.90 Å². The fraction of sp³-hybridized carbons (Fsp3) is 0.444. The summed E-state index contributed by atoms with van der Waals surface area (Å²) in [6, 6.07) is 18.0. The van der Waals surface area contributed by atoms with Crippen LogP contribution in [0.2, 0.25) is 0 Å². The van der Waals surface area contributed by atoms with Gasteiger partial charge in [0.2, 0.25) is 0 Å². The number of ether oxygens (including phenoxy) is 1. The van der Waals surface area contributed by atoms with Gasteiger partial charge in [0.25, 0.3) is 0 Å². The van der Waals surface area contributed by atoms with Crippen molar-refractivity contribution in [3.05, 3.63) is 77.1 Å². The lowest BCUT2D eigenvalue weighted by Crippen LogP contribution is -2.41. The van der Waals surface area contributed by atoms with Gasteiger partial charge in [-0.15, -0.1) is 0 Å². The molecule has 0 bridgehead atoms. The van der Waals surface area contributed by atoms with Crippen molar-refractivity contribution in [2.75, 3.05) is 5.73 Å². The molecule has 1 heterocycles. The highest BCUT2D eigenvalue weighted by atomic mass is 16.6. The smallest absolute Gasteiger partial charge is 0.337 e. The Bertz CT molecular complexity index is 933. The van der Waals surface area contributed by atoms with Crippen LogP contribution in [0, 0.1) is 5.41 Å². The minimum absolute atomic E-state index is 0.193. The van der Waals surface area contributed by atoms with Gasteiger partial charge < -0.3 is 15.6 Å². The number of carbonyl (C=O) groups is 1. The van der Waals surface area contributed by atoms with E-state index >= 15 is 0 Å². The van der Waals surface area contributed by atoms with Crippen molar-refractivity contribution in [2.24, 2.45) is 5.41 Å². The van der Waals surface area contributed by atoms with E-state index in [1.54, 1.807) is 0 Å². The topological polar surface area (TPSA) is 72.5 Å². The fourth-order valence-corrected chi connectivity index (χ4v) is 4.67. The van der Waals surface area contributed by atoms with Gasteiger partial charge in [-0.2, -0.15) is 0 Å². The van der Waals surface area contributed by atoms with Crippen LogP contribution in [-0.4, -0.2) is 16.7 Å². The summed E-state index contributed by atoms with van der Waals surface area (Å²) in [7, 11) is 0. The Hall–Kier alpha value is -2.75. The molecule has 4 heteroatoms. The summed E-state index contributed by atoms with van der Waals surface area (Å²) >= 11 is 0. The summed E-state index contributed by atoms with van der Waals surface area (Å²) in [4.78, 5) is 13.0. The normalized spacial score (nSPS) is 19.4. The maximum Gasteiger partial charge on any atom is 0.337 e. The second-order valence-corrected chi connectivity index (χ2v) is 9.67. The molecule has 0 saturated heterocycles. The molecule has 0 saturated carbocycles. The number of carbonyl (C=O) groups excluding carboxylic acids is 1. The first kappa shape index (κ1) is 22.9. The average molecular weight is 422 g/mol. The van der Waals surface area contributed by atoms with Crippen molar-refractivity contribution in [1.82, 2.24) is 0 Å². The third kappa shape index (κ3) is 6.13. The first-order chi connectivity index (χ1) is 14.7. The number of esters is 1. The standard InChI is InChI=1S/C27H35NO3/c1-4-14-27(15-13-20-9-6-5-7-10-20)19-24(29)23(25(30)31-27)18-26(2,3)17-21-11-8-12-22(28)16-21/h5-12,16,29H,4,13-15,17-19,28H2,1-3H3. The lowest BCUT2D eigenvalue weighted by atomic mass is 9.77. The van der Waals surface area contributed by atoms with E-state index in [2.05, 4.69) is 32.9 Å². The van der Waals surface area contributed by atoms with Crippen LogP contribution < -0.4 is 5.73 Å². The van der Waals surface area contributed by atoms with Crippen molar-refractivity contribution in [3.8, 4) is 0 Å². The predicted molar refractivity (Wildman–Crippen MR) is 126 cm³/mol. The maximum atomic E-state index is 13.0. The van der Waals surface area contributed by atoms with Gasteiger partial charge in [-0.3, -0.25) is 0 Å². The van der Waals surface area contributed by atoms with E-state index in [0.717, 1.165) is 36.9 Å². The van der Waals surface area contributed by atoms with Crippen molar-refractivity contribution in [2.45, 2.75) is 71.3 Å². The molecule has 166 valence electrons. The number of benzene rings is 2. The van der Waals surface area contributed by atoms with Crippen LogP contribution in [0.3, 0.4) is 0 Å². The van der Waals surface area contributed by atoms with E-state index in [1.165, 1.54) is 5.56 Å². The number of hydrogen-bond donors (Lipinski definition) is 2. The molecule has 1 aliphatic heterocycles. The molecule has 1 unspecified atom stereocenters. The third-order valence-corrected chi connectivity index (χ3v) is 6.10. The number of rotatable bonds is 9. The van der Waals surface area contributed by atoms with Gasteiger partial charge in [0.1, 0.15) is 11.4 Å². The fourth-order valence-electron chi connectivity index (χ4n) is 4.67. The molecule has 0 aromatic heterocycles. The van der Waals surface area contributed by atoms with Crippen LogP contribution in [0.15, 0.2) is 65.9 Å². The molecule has 0 aliphatic carbocycles. The van der Waals surface area contributed by atoms with Gasteiger partial charge in [-0.25, -0.2) is 4.79 Å². The Labute approximate surface area is 186 Å². The first-order valence-corrected chi connectivity index (χ1v) is 11.2. The van der Waals surface area contributed by atoms with Crippen LogP contribution in [0.5, 0.6) is 0 Å². The lowest BCUT2D eigenvalue weighted by molar-refractivity contribution is -0.161. The minimum atomic E-state index is -0.632. The van der Waals surface area contributed by atoms with Crippen LogP contribution in [-0.2, 0) is 22.4 Å². The molecule has 3 N–H and O–H groups in total. The van der Waals surface area contributed by atoms with Gasteiger partial charge in [-0.1, -0.05) is 69.7 Å². The molecule has 31 heavy (non-hydrogen) atoms. The van der Waals surface area contributed by atoms with E-state index in [-0.39, 0.29) is 17.1 Å². The second-order valence-electron chi connectivity index (χ2n) is 9.67. The van der Waals surface area contributed by atoms with Crippen LogP contribution in [0.1, 0.15) is 64.0 Å². The summed E-state index contributed by atoms with van der Waals surface area (Å²) < 4.78 is 6.06. The van der Waals surface area contributed by atoms with E-state index in [1.807, 2.05) is 42.5 Å². The quantitative estimate of drug-likeness (QED) is 0.376. The molecule has 1 atom stereocenters. The van der Waals surface area contributed by atoms with Gasteiger partial charge in [0.05, 0.1) is 5.57 Å². The molecule has 0 fully saturated rings. The molecular weight excluding hydrogens is 386 g/mol. The molecule has 2 aromatic rings. The number of aliphatic hydroxyl groups is 1. The Morgan fingerprint density at radius 1 is 1.03 bits per heavy atom. The van der Waals surface area contributed by atoms with Crippen molar-refractivity contribution >= 4 is 11.7 Å². The highest BCUT2D eigenvalue weighted by Gasteiger charge is 2.42. The van der Waals surface area contributed by atoms with Crippen LogP contribution in [0.25, 0.3) is 0 Å². The number of anilines is 1. The van der Waals surface area contributed by atoms with Crippen LogP contribution in [0.4, 0.5) is 5.69 Å².